The molecule has 1 spiro atoms. The average molecular weight is 268 g/mol. The Morgan fingerprint density at radius 1 is 1.11 bits per heavy atom. The standard InChI is InChI=1S/C15H24O2S/c16-13(17)10-14(8-9-14)11-18-12-4-7-15(12)5-2-1-3-6-15/h12H,1-11H2,(H,16,17). The van der Waals surface area contributed by atoms with Crippen molar-refractivity contribution in [1.82, 2.24) is 0 Å². The van der Waals surface area contributed by atoms with Gasteiger partial charge in [0, 0.05) is 5.25 Å². The number of carboxylic acids is 1. The van der Waals surface area contributed by atoms with Gasteiger partial charge in [-0.15, -0.1) is 0 Å². The molecule has 102 valence electrons. The lowest BCUT2D eigenvalue weighted by atomic mass is 9.60. The summed E-state index contributed by atoms with van der Waals surface area (Å²) >= 11 is 2.12. The Bertz CT molecular complexity index is 329. The van der Waals surface area contributed by atoms with Gasteiger partial charge in [0.1, 0.15) is 0 Å². The molecule has 0 heterocycles. The van der Waals surface area contributed by atoms with E-state index >= 15 is 0 Å². The Hall–Kier alpha value is -0.180. The average Bonchev–Trinajstić information content (AvgIpc) is 3.08. The van der Waals surface area contributed by atoms with Crippen molar-refractivity contribution in [1.29, 1.82) is 0 Å². The van der Waals surface area contributed by atoms with E-state index in [1.807, 2.05) is 0 Å². The maximum Gasteiger partial charge on any atom is 0.303 e. The van der Waals surface area contributed by atoms with Gasteiger partial charge in [-0.2, -0.15) is 11.8 Å². The zero-order chi connectivity index (χ0) is 12.6. The summed E-state index contributed by atoms with van der Waals surface area (Å²) in [6, 6.07) is 0. The molecule has 0 aromatic heterocycles. The smallest absolute Gasteiger partial charge is 0.303 e. The van der Waals surface area contributed by atoms with E-state index in [2.05, 4.69) is 11.8 Å². The van der Waals surface area contributed by atoms with Crippen LogP contribution in [-0.4, -0.2) is 22.1 Å². The van der Waals surface area contributed by atoms with Crippen LogP contribution in [0.1, 0.15) is 64.2 Å². The number of carboxylic acid groups (broad SMARTS) is 1. The Balaban J connectivity index is 1.50. The molecule has 0 radical (unpaired) electrons. The highest BCUT2D eigenvalue weighted by Crippen LogP contribution is 2.59. The van der Waals surface area contributed by atoms with Crippen molar-refractivity contribution in [3.63, 3.8) is 0 Å². The Morgan fingerprint density at radius 3 is 2.33 bits per heavy atom. The van der Waals surface area contributed by atoms with Gasteiger partial charge in [-0.3, -0.25) is 4.79 Å². The van der Waals surface area contributed by atoms with Crippen LogP contribution in [0.25, 0.3) is 0 Å². The fraction of sp³-hybridized carbons (Fsp3) is 0.933. The summed E-state index contributed by atoms with van der Waals surface area (Å²) in [6.07, 6.45) is 12.7. The molecule has 3 aliphatic rings. The number of hydrogen-bond acceptors (Lipinski definition) is 2. The van der Waals surface area contributed by atoms with Gasteiger partial charge in [-0.1, -0.05) is 19.3 Å². The van der Waals surface area contributed by atoms with Crippen molar-refractivity contribution in [3.8, 4) is 0 Å². The third-order valence-electron chi connectivity index (χ3n) is 5.51. The summed E-state index contributed by atoms with van der Waals surface area (Å²) in [5.41, 5.74) is 0.851. The van der Waals surface area contributed by atoms with Crippen molar-refractivity contribution >= 4 is 17.7 Å². The van der Waals surface area contributed by atoms with Crippen LogP contribution in [-0.2, 0) is 4.79 Å². The largest absolute Gasteiger partial charge is 0.481 e. The van der Waals surface area contributed by atoms with Crippen molar-refractivity contribution in [2.45, 2.75) is 69.5 Å². The molecule has 2 nitrogen and oxygen atoms in total. The Kier molecular flexibility index (Phi) is 3.38. The topological polar surface area (TPSA) is 37.3 Å². The molecule has 18 heavy (non-hydrogen) atoms. The maximum atomic E-state index is 10.9. The summed E-state index contributed by atoms with van der Waals surface area (Å²) in [5.74, 6) is 0.500. The molecule has 1 atom stereocenters. The molecule has 0 amide bonds. The molecule has 0 aromatic carbocycles. The molecule has 0 saturated heterocycles. The van der Waals surface area contributed by atoms with Crippen LogP contribution in [0.3, 0.4) is 0 Å². The third-order valence-corrected chi connectivity index (χ3v) is 7.43. The normalized spacial score (nSPS) is 31.9. The molecule has 3 saturated carbocycles. The fourth-order valence-corrected chi connectivity index (χ4v) is 5.84. The molecule has 3 aliphatic carbocycles. The minimum atomic E-state index is -0.603. The quantitative estimate of drug-likeness (QED) is 0.816. The number of aliphatic carboxylic acids is 1. The summed E-state index contributed by atoms with van der Waals surface area (Å²) in [4.78, 5) is 10.9. The zero-order valence-electron chi connectivity index (χ0n) is 11.1. The molecule has 1 N–H and O–H groups in total. The fourth-order valence-electron chi connectivity index (χ4n) is 3.91. The molecule has 3 rings (SSSR count). The van der Waals surface area contributed by atoms with E-state index in [1.165, 1.54) is 44.9 Å². The molecule has 0 bridgehead atoms. The minimum Gasteiger partial charge on any atom is -0.481 e. The number of carbonyl (C=O) groups is 1. The first-order valence-corrected chi connectivity index (χ1v) is 8.53. The minimum absolute atomic E-state index is 0.182. The maximum absolute atomic E-state index is 10.9. The lowest BCUT2D eigenvalue weighted by Gasteiger charge is -2.52. The highest BCUT2D eigenvalue weighted by Gasteiger charge is 2.50. The van der Waals surface area contributed by atoms with Crippen LogP contribution >= 0.6 is 11.8 Å². The second kappa shape index (κ2) is 4.73. The molecule has 0 aliphatic heterocycles. The second-order valence-corrected chi connectivity index (χ2v) is 8.02. The predicted octanol–water partition coefficient (Wildman–Crippen LogP) is 4.09. The van der Waals surface area contributed by atoms with Crippen molar-refractivity contribution in [2.75, 3.05) is 5.75 Å². The van der Waals surface area contributed by atoms with Gasteiger partial charge < -0.3 is 5.11 Å². The van der Waals surface area contributed by atoms with Crippen LogP contribution in [0.2, 0.25) is 0 Å². The molecule has 1 unspecified atom stereocenters. The predicted molar refractivity (Wildman–Crippen MR) is 74.9 cm³/mol. The zero-order valence-corrected chi connectivity index (χ0v) is 11.9. The van der Waals surface area contributed by atoms with E-state index in [0.29, 0.717) is 11.8 Å². The van der Waals surface area contributed by atoms with Crippen LogP contribution in [0, 0.1) is 10.8 Å². The van der Waals surface area contributed by atoms with E-state index < -0.39 is 5.97 Å². The molecular weight excluding hydrogens is 244 g/mol. The summed E-state index contributed by atoms with van der Waals surface area (Å²) in [6.45, 7) is 0. The first-order valence-electron chi connectivity index (χ1n) is 7.48. The summed E-state index contributed by atoms with van der Waals surface area (Å²) in [7, 11) is 0. The van der Waals surface area contributed by atoms with Crippen molar-refractivity contribution in [3.05, 3.63) is 0 Å². The number of rotatable bonds is 5. The summed E-state index contributed by atoms with van der Waals surface area (Å²) < 4.78 is 0. The summed E-state index contributed by atoms with van der Waals surface area (Å²) in [5, 5.41) is 9.81. The van der Waals surface area contributed by atoms with Crippen LogP contribution in [0.4, 0.5) is 0 Å². The highest BCUT2D eigenvalue weighted by molar-refractivity contribution is 8.00. The third kappa shape index (κ3) is 2.43. The van der Waals surface area contributed by atoms with Gasteiger partial charge in [0.2, 0.25) is 0 Å². The SMILES string of the molecule is O=C(O)CC1(CSC2CCC23CCCCC3)CC1. The van der Waals surface area contributed by atoms with Gasteiger partial charge in [-0.25, -0.2) is 0 Å². The van der Waals surface area contributed by atoms with Crippen molar-refractivity contribution in [2.24, 2.45) is 10.8 Å². The number of thioether (sulfide) groups is 1. The van der Waals surface area contributed by atoms with Gasteiger partial charge in [0.15, 0.2) is 0 Å². The van der Waals surface area contributed by atoms with E-state index in [-0.39, 0.29) is 5.41 Å². The van der Waals surface area contributed by atoms with Gasteiger partial charge in [0.05, 0.1) is 6.42 Å². The van der Waals surface area contributed by atoms with E-state index in [1.54, 1.807) is 0 Å². The van der Waals surface area contributed by atoms with E-state index in [9.17, 15) is 4.79 Å². The van der Waals surface area contributed by atoms with Crippen LogP contribution in [0.5, 0.6) is 0 Å². The van der Waals surface area contributed by atoms with Gasteiger partial charge in [-0.05, 0) is 55.1 Å². The number of hydrogen-bond donors (Lipinski definition) is 1. The lowest BCUT2D eigenvalue weighted by Crippen LogP contribution is -2.44. The van der Waals surface area contributed by atoms with E-state index in [0.717, 1.165) is 23.8 Å². The first-order chi connectivity index (χ1) is 8.64. The van der Waals surface area contributed by atoms with Gasteiger partial charge in [0.25, 0.3) is 0 Å². The molecular formula is C15H24O2S. The molecule has 3 fully saturated rings. The van der Waals surface area contributed by atoms with Crippen molar-refractivity contribution < 1.29 is 9.90 Å². The first kappa shape index (κ1) is 12.8. The van der Waals surface area contributed by atoms with Gasteiger partial charge >= 0.3 is 5.97 Å². The van der Waals surface area contributed by atoms with E-state index in [4.69, 9.17) is 5.11 Å². The lowest BCUT2D eigenvalue weighted by molar-refractivity contribution is -0.138. The second-order valence-electron chi connectivity index (χ2n) is 6.83. The van der Waals surface area contributed by atoms with Crippen LogP contribution in [0.15, 0.2) is 0 Å². The molecule has 0 aromatic rings. The Morgan fingerprint density at radius 2 is 1.83 bits per heavy atom. The highest BCUT2D eigenvalue weighted by atomic mass is 32.2. The van der Waals surface area contributed by atoms with Crippen LogP contribution < -0.4 is 0 Å². The molecule has 3 heteroatoms. The Labute approximate surface area is 114 Å². The monoisotopic (exact) mass is 268 g/mol.